The van der Waals surface area contributed by atoms with Crippen LogP contribution in [-0.2, 0) is 6.42 Å². The zero-order chi connectivity index (χ0) is 16.5. The quantitative estimate of drug-likeness (QED) is 0.756. The summed E-state index contributed by atoms with van der Waals surface area (Å²) in [6, 6.07) is 17.2. The highest BCUT2D eigenvalue weighted by molar-refractivity contribution is 6.30. The van der Waals surface area contributed by atoms with Gasteiger partial charge in [-0.25, -0.2) is 4.68 Å². The van der Waals surface area contributed by atoms with E-state index in [1.54, 1.807) is 6.33 Å². The molecule has 1 aromatic heterocycles. The highest BCUT2D eigenvalue weighted by Crippen LogP contribution is 2.37. The molecule has 0 bridgehead atoms. The molecule has 3 aromatic rings. The minimum atomic E-state index is 0.150. The number of nitrogens with zero attached hydrogens (tertiary/aromatic N) is 3. The topological polar surface area (TPSA) is 42.7 Å². The van der Waals surface area contributed by atoms with Crippen molar-refractivity contribution >= 4 is 17.5 Å². The molecule has 1 N–H and O–H groups in total. The van der Waals surface area contributed by atoms with Crippen molar-refractivity contribution in [1.82, 2.24) is 14.8 Å². The van der Waals surface area contributed by atoms with E-state index < -0.39 is 0 Å². The van der Waals surface area contributed by atoms with Gasteiger partial charge >= 0.3 is 0 Å². The molecule has 0 saturated carbocycles. The molecule has 0 radical (unpaired) electrons. The summed E-state index contributed by atoms with van der Waals surface area (Å²) in [6.07, 6.45) is 3.58. The summed E-state index contributed by atoms with van der Waals surface area (Å²) >= 11 is 6.04. The fourth-order valence-corrected chi connectivity index (χ4v) is 3.41. The van der Waals surface area contributed by atoms with Crippen LogP contribution in [0.15, 0.2) is 54.9 Å². The fourth-order valence-electron chi connectivity index (χ4n) is 3.29. The maximum atomic E-state index is 6.04. The Balaban J connectivity index is 1.68. The number of anilines is 1. The monoisotopic (exact) mass is 338 g/mol. The van der Waals surface area contributed by atoms with Crippen LogP contribution in [0, 0.1) is 0 Å². The van der Waals surface area contributed by atoms with Gasteiger partial charge in [-0.3, -0.25) is 0 Å². The molecule has 122 valence electrons. The average Bonchev–Trinajstić information content (AvgIpc) is 3.10. The lowest BCUT2D eigenvalue weighted by Gasteiger charge is -2.32. The molecule has 1 aliphatic rings. The van der Waals surface area contributed by atoms with Crippen LogP contribution in [0.25, 0.3) is 0 Å². The molecular weight excluding hydrogens is 320 g/mol. The molecule has 0 aliphatic carbocycles. The Morgan fingerprint density at radius 1 is 1.08 bits per heavy atom. The molecular formula is C19H19ClN4. The average molecular weight is 339 g/mol. The predicted octanol–water partition coefficient (Wildman–Crippen LogP) is 4.64. The van der Waals surface area contributed by atoms with E-state index in [9.17, 15) is 0 Å². The number of aromatic nitrogens is 3. The van der Waals surface area contributed by atoms with Gasteiger partial charge in [-0.2, -0.15) is 10.1 Å². The van der Waals surface area contributed by atoms with Crippen LogP contribution in [0.3, 0.4) is 0 Å². The summed E-state index contributed by atoms with van der Waals surface area (Å²) in [5.74, 6) is 0.811. The van der Waals surface area contributed by atoms with Crippen LogP contribution < -0.4 is 5.32 Å². The van der Waals surface area contributed by atoms with Crippen molar-refractivity contribution in [2.75, 3.05) is 5.32 Å². The van der Waals surface area contributed by atoms with Crippen molar-refractivity contribution in [3.05, 3.63) is 76.6 Å². The first kappa shape index (κ1) is 15.2. The maximum Gasteiger partial charge on any atom is 0.222 e. The second-order valence-electron chi connectivity index (χ2n) is 6.12. The van der Waals surface area contributed by atoms with Crippen molar-refractivity contribution in [3.63, 3.8) is 0 Å². The molecule has 4 rings (SSSR count). The van der Waals surface area contributed by atoms with E-state index in [1.807, 2.05) is 16.8 Å². The molecule has 1 aliphatic heterocycles. The van der Waals surface area contributed by atoms with E-state index in [2.05, 4.69) is 58.7 Å². The maximum absolute atomic E-state index is 6.04. The summed E-state index contributed by atoms with van der Waals surface area (Å²) in [5, 5.41) is 8.66. The first-order chi connectivity index (χ1) is 11.7. The molecule has 0 saturated heterocycles. The molecule has 0 spiro atoms. The van der Waals surface area contributed by atoms with Gasteiger partial charge < -0.3 is 5.32 Å². The Bertz CT molecular complexity index is 823. The minimum absolute atomic E-state index is 0.150. The number of halogens is 1. The van der Waals surface area contributed by atoms with E-state index >= 15 is 0 Å². The van der Waals surface area contributed by atoms with Crippen LogP contribution in [0.4, 0.5) is 5.95 Å². The minimum Gasteiger partial charge on any atom is -0.348 e. The molecule has 0 amide bonds. The van der Waals surface area contributed by atoms with Gasteiger partial charge in [0, 0.05) is 5.02 Å². The number of benzene rings is 2. The number of hydrogen-bond donors (Lipinski definition) is 1. The van der Waals surface area contributed by atoms with Gasteiger partial charge in [0.05, 0.1) is 12.1 Å². The zero-order valence-corrected chi connectivity index (χ0v) is 14.2. The predicted molar refractivity (Wildman–Crippen MR) is 96.4 cm³/mol. The van der Waals surface area contributed by atoms with Crippen molar-refractivity contribution < 1.29 is 0 Å². The summed E-state index contributed by atoms with van der Waals surface area (Å²) in [4.78, 5) is 4.37. The molecule has 4 nitrogen and oxygen atoms in total. The van der Waals surface area contributed by atoms with Gasteiger partial charge in [-0.15, -0.1) is 0 Å². The lowest BCUT2D eigenvalue weighted by molar-refractivity contribution is 0.431. The number of hydrogen-bond acceptors (Lipinski definition) is 3. The van der Waals surface area contributed by atoms with Gasteiger partial charge in [0.2, 0.25) is 5.95 Å². The Labute approximate surface area is 146 Å². The Morgan fingerprint density at radius 3 is 2.50 bits per heavy atom. The van der Waals surface area contributed by atoms with Gasteiger partial charge in [0.15, 0.2) is 0 Å². The largest absolute Gasteiger partial charge is 0.348 e. The van der Waals surface area contributed by atoms with E-state index in [0.717, 1.165) is 23.8 Å². The lowest BCUT2D eigenvalue weighted by Crippen LogP contribution is -2.28. The highest BCUT2D eigenvalue weighted by atomic mass is 35.5. The zero-order valence-electron chi connectivity index (χ0n) is 13.5. The number of rotatable bonds is 3. The molecule has 0 fully saturated rings. The lowest BCUT2D eigenvalue weighted by atomic mass is 9.93. The molecule has 2 atom stereocenters. The van der Waals surface area contributed by atoms with Crippen LogP contribution in [-0.4, -0.2) is 14.8 Å². The first-order valence-corrected chi connectivity index (χ1v) is 8.62. The van der Waals surface area contributed by atoms with E-state index in [-0.39, 0.29) is 12.1 Å². The SMILES string of the molecule is CCc1ccc(C2CC(c3ccc(Cl)cc3)n3ncnc3N2)cc1. The normalized spacial score (nSPS) is 19.6. The van der Waals surface area contributed by atoms with Crippen LogP contribution in [0.1, 0.15) is 42.1 Å². The smallest absolute Gasteiger partial charge is 0.222 e. The van der Waals surface area contributed by atoms with Crippen molar-refractivity contribution in [3.8, 4) is 0 Å². The second kappa shape index (κ2) is 6.29. The van der Waals surface area contributed by atoms with E-state index in [0.29, 0.717) is 0 Å². The third-order valence-corrected chi connectivity index (χ3v) is 4.93. The molecule has 2 aromatic carbocycles. The molecule has 2 unspecified atom stereocenters. The summed E-state index contributed by atoms with van der Waals surface area (Å²) in [7, 11) is 0. The number of nitrogens with one attached hydrogen (secondary N) is 1. The number of fused-ring (bicyclic) bond motifs is 1. The molecule has 2 heterocycles. The summed E-state index contributed by atoms with van der Waals surface area (Å²) in [5.41, 5.74) is 3.83. The van der Waals surface area contributed by atoms with Crippen molar-refractivity contribution in [2.24, 2.45) is 0 Å². The van der Waals surface area contributed by atoms with Gasteiger partial charge in [0.1, 0.15) is 6.33 Å². The van der Waals surface area contributed by atoms with Crippen LogP contribution in [0.5, 0.6) is 0 Å². The third-order valence-electron chi connectivity index (χ3n) is 4.68. The fraction of sp³-hybridized carbons (Fsp3) is 0.263. The molecule has 5 heteroatoms. The summed E-state index contributed by atoms with van der Waals surface area (Å²) < 4.78 is 1.96. The van der Waals surface area contributed by atoms with Gasteiger partial charge in [-0.1, -0.05) is 54.9 Å². The van der Waals surface area contributed by atoms with Gasteiger partial charge in [-0.05, 0) is 41.7 Å². The van der Waals surface area contributed by atoms with E-state index in [4.69, 9.17) is 11.6 Å². The third kappa shape index (κ3) is 2.78. The van der Waals surface area contributed by atoms with E-state index in [1.165, 1.54) is 16.7 Å². The summed E-state index contributed by atoms with van der Waals surface area (Å²) in [6.45, 7) is 2.17. The highest BCUT2D eigenvalue weighted by Gasteiger charge is 2.29. The Hall–Kier alpha value is -2.33. The molecule has 24 heavy (non-hydrogen) atoms. The first-order valence-electron chi connectivity index (χ1n) is 8.25. The van der Waals surface area contributed by atoms with Crippen LogP contribution in [0.2, 0.25) is 5.02 Å². The second-order valence-corrected chi connectivity index (χ2v) is 6.56. The van der Waals surface area contributed by atoms with Crippen molar-refractivity contribution in [2.45, 2.75) is 31.8 Å². The van der Waals surface area contributed by atoms with Gasteiger partial charge in [0.25, 0.3) is 0 Å². The van der Waals surface area contributed by atoms with Crippen molar-refractivity contribution in [1.29, 1.82) is 0 Å². The number of aryl methyl sites for hydroxylation is 1. The van der Waals surface area contributed by atoms with Crippen LogP contribution >= 0.6 is 11.6 Å². The standard InChI is InChI=1S/C19H19ClN4/c1-2-13-3-5-14(6-4-13)17-11-18(15-7-9-16(20)10-8-15)24-19(23-17)21-12-22-24/h3-10,12,17-18H,2,11H2,1H3,(H,21,22,23). The Kier molecular flexibility index (Phi) is 3.98. The Morgan fingerprint density at radius 2 is 1.79 bits per heavy atom.